The number of hydrogen-bond acceptors (Lipinski definition) is 4. The fourth-order valence-electron chi connectivity index (χ4n) is 1.63. The highest BCUT2D eigenvalue weighted by molar-refractivity contribution is 5.83. The summed E-state index contributed by atoms with van der Waals surface area (Å²) >= 11 is 0. The average molecular weight is 217 g/mol. The minimum absolute atomic E-state index is 0.121. The van der Waals surface area contributed by atoms with Crippen LogP contribution in [0.3, 0.4) is 0 Å². The van der Waals surface area contributed by atoms with Gasteiger partial charge in [0.15, 0.2) is 0 Å². The molecule has 0 unspecified atom stereocenters. The van der Waals surface area contributed by atoms with E-state index in [1.807, 2.05) is 32.2 Å². The highest BCUT2D eigenvalue weighted by Crippen LogP contribution is 2.23. The smallest absolute Gasteiger partial charge is 0.130 e. The first-order chi connectivity index (χ1) is 7.81. The Kier molecular flexibility index (Phi) is 3.31. The standard InChI is InChI=1S/C12H15N3O/c1-9(6-13-2)16-12-5-3-4-11-10(12)7-14-8-15-11/h3-5,7-9,13H,6H2,1-2H3/t9-/m1/s1. The van der Waals surface area contributed by atoms with E-state index < -0.39 is 0 Å². The molecule has 0 radical (unpaired) electrons. The van der Waals surface area contributed by atoms with Gasteiger partial charge in [0.2, 0.25) is 0 Å². The molecule has 0 aliphatic rings. The predicted molar refractivity (Wildman–Crippen MR) is 63.6 cm³/mol. The van der Waals surface area contributed by atoms with Gasteiger partial charge in [0.05, 0.1) is 10.9 Å². The first kappa shape index (κ1) is 10.8. The lowest BCUT2D eigenvalue weighted by Gasteiger charge is -2.15. The van der Waals surface area contributed by atoms with E-state index >= 15 is 0 Å². The van der Waals surface area contributed by atoms with Gasteiger partial charge in [0.1, 0.15) is 18.2 Å². The van der Waals surface area contributed by atoms with Gasteiger partial charge in [0, 0.05) is 12.7 Å². The highest BCUT2D eigenvalue weighted by Gasteiger charge is 2.06. The lowest BCUT2D eigenvalue weighted by atomic mass is 10.2. The molecule has 1 atom stereocenters. The van der Waals surface area contributed by atoms with Gasteiger partial charge in [-0.2, -0.15) is 0 Å². The van der Waals surface area contributed by atoms with Crippen molar-refractivity contribution in [2.45, 2.75) is 13.0 Å². The number of nitrogens with zero attached hydrogens (tertiary/aromatic N) is 2. The zero-order valence-electron chi connectivity index (χ0n) is 9.47. The summed E-state index contributed by atoms with van der Waals surface area (Å²) in [5, 5.41) is 4.03. The third kappa shape index (κ3) is 2.28. The second-order valence-corrected chi connectivity index (χ2v) is 3.70. The quantitative estimate of drug-likeness (QED) is 0.845. The third-order valence-electron chi connectivity index (χ3n) is 2.33. The molecule has 0 aliphatic heterocycles. The van der Waals surface area contributed by atoms with Gasteiger partial charge in [-0.3, -0.25) is 0 Å². The van der Waals surface area contributed by atoms with E-state index in [-0.39, 0.29) is 6.10 Å². The second kappa shape index (κ2) is 4.90. The average Bonchev–Trinajstić information content (AvgIpc) is 2.30. The molecule has 2 aromatic rings. The normalized spacial score (nSPS) is 12.6. The summed E-state index contributed by atoms with van der Waals surface area (Å²) in [6, 6.07) is 5.83. The van der Waals surface area contributed by atoms with Crippen LogP contribution < -0.4 is 10.1 Å². The Morgan fingerprint density at radius 2 is 2.31 bits per heavy atom. The van der Waals surface area contributed by atoms with Gasteiger partial charge in [-0.25, -0.2) is 9.97 Å². The number of aromatic nitrogens is 2. The van der Waals surface area contributed by atoms with E-state index in [4.69, 9.17) is 4.74 Å². The monoisotopic (exact) mass is 217 g/mol. The Balaban J connectivity index is 2.30. The van der Waals surface area contributed by atoms with Gasteiger partial charge in [-0.05, 0) is 26.1 Å². The van der Waals surface area contributed by atoms with Crippen molar-refractivity contribution in [1.29, 1.82) is 0 Å². The Bertz CT molecular complexity index is 467. The second-order valence-electron chi connectivity index (χ2n) is 3.70. The van der Waals surface area contributed by atoms with Crippen LogP contribution in [0.15, 0.2) is 30.7 Å². The number of hydrogen-bond donors (Lipinski definition) is 1. The highest BCUT2D eigenvalue weighted by atomic mass is 16.5. The summed E-state index contributed by atoms with van der Waals surface area (Å²) in [5.41, 5.74) is 0.907. The summed E-state index contributed by atoms with van der Waals surface area (Å²) < 4.78 is 5.83. The maximum absolute atomic E-state index is 5.83. The number of rotatable bonds is 4. The predicted octanol–water partition coefficient (Wildman–Crippen LogP) is 1.62. The molecular formula is C12H15N3O. The molecule has 0 bridgehead atoms. The number of nitrogens with one attached hydrogen (secondary N) is 1. The maximum atomic E-state index is 5.83. The minimum Gasteiger partial charge on any atom is -0.489 e. The molecule has 0 saturated heterocycles. The first-order valence-corrected chi connectivity index (χ1v) is 5.31. The van der Waals surface area contributed by atoms with Crippen molar-refractivity contribution in [3.8, 4) is 5.75 Å². The zero-order chi connectivity index (χ0) is 11.4. The van der Waals surface area contributed by atoms with Crippen LogP contribution in [0.25, 0.3) is 10.9 Å². The molecule has 0 fully saturated rings. The van der Waals surface area contributed by atoms with E-state index in [1.54, 1.807) is 12.5 Å². The van der Waals surface area contributed by atoms with E-state index in [9.17, 15) is 0 Å². The molecule has 1 N–H and O–H groups in total. The SMILES string of the molecule is CNC[C@@H](C)Oc1cccc2ncncc12. The minimum atomic E-state index is 0.121. The first-order valence-electron chi connectivity index (χ1n) is 5.31. The summed E-state index contributed by atoms with van der Waals surface area (Å²) in [6.07, 6.45) is 3.45. The largest absolute Gasteiger partial charge is 0.489 e. The topological polar surface area (TPSA) is 47.0 Å². The van der Waals surface area contributed by atoms with Crippen molar-refractivity contribution in [3.63, 3.8) is 0 Å². The molecule has 0 amide bonds. The van der Waals surface area contributed by atoms with Gasteiger partial charge in [0.25, 0.3) is 0 Å². The van der Waals surface area contributed by atoms with E-state index in [0.29, 0.717) is 0 Å². The Morgan fingerprint density at radius 1 is 1.44 bits per heavy atom. The van der Waals surface area contributed by atoms with E-state index in [0.717, 1.165) is 23.2 Å². The molecule has 0 saturated carbocycles. The van der Waals surface area contributed by atoms with E-state index in [2.05, 4.69) is 15.3 Å². The number of ether oxygens (including phenoxy) is 1. The molecule has 1 aromatic heterocycles. The number of fused-ring (bicyclic) bond motifs is 1. The lowest BCUT2D eigenvalue weighted by Crippen LogP contribution is -2.26. The van der Waals surface area contributed by atoms with Crippen LogP contribution in [0.4, 0.5) is 0 Å². The van der Waals surface area contributed by atoms with Crippen molar-refractivity contribution in [3.05, 3.63) is 30.7 Å². The molecular weight excluding hydrogens is 202 g/mol. The van der Waals surface area contributed by atoms with Crippen molar-refractivity contribution < 1.29 is 4.74 Å². The zero-order valence-corrected chi connectivity index (χ0v) is 9.47. The summed E-state index contributed by atoms with van der Waals surface area (Å²) in [5.74, 6) is 0.834. The molecule has 2 rings (SSSR count). The van der Waals surface area contributed by atoms with Gasteiger partial charge in [-0.1, -0.05) is 6.07 Å². The van der Waals surface area contributed by atoms with Crippen LogP contribution in [0.2, 0.25) is 0 Å². The number of likely N-dealkylation sites (N-methyl/N-ethyl adjacent to an activating group) is 1. The summed E-state index contributed by atoms with van der Waals surface area (Å²) in [4.78, 5) is 8.21. The Labute approximate surface area is 94.7 Å². The molecule has 84 valence electrons. The molecule has 4 heteroatoms. The number of benzene rings is 1. The van der Waals surface area contributed by atoms with Crippen molar-refractivity contribution in [1.82, 2.24) is 15.3 Å². The lowest BCUT2D eigenvalue weighted by molar-refractivity contribution is 0.223. The van der Waals surface area contributed by atoms with E-state index in [1.165, 1.54) is 0 Å². The molecule has 0 aliphatic carbocycles. The molecule has 1 heterocycles. The summed E-state index contributed by atoms with van der Waals surface area (Å²) in [6.45, 7) is 2.84. The van der Waals surface area contributed by atoms with Crippen molar-refractivity contribution in [2.24, 2.45) is 0 Å². The van der Waals surface area contributed by atoms with Crippen LogP contribution in [0, 0.1) is 0 Å². The van der Waals surface area contributed by atoms with Crippen molar-refractivity contribution >= 4 is 10.9 Å². The summed E-state index contributed by atoms with van der Waals surface area (Å²) in [7, 11) is 1.91. The van der Waals surface area contributed by atoms with Crippen molar-refractivity contribution in [2.75, 3.05) is 13.6 Å². The third-order valence-corrected chi connectivity index (χ3v) is 2.33. The molecule has 16 heavy (non-hydrogen) atoms. The van der Waals surface area contributed by atoms with Gasteiger partial charge in [-0.15, -0.1) is 0 Å². The fourth-order valence-corrected chi connectivity index (χ4v) is 1.63. The van der Waals surface area contributed by atoms with Gasteiger partial charge < -0.3 is 10.1 Å². The Hall–Kier alpha value is -1.68. The molecule has 4 nitrogen and oxygen atoms in total. The maximum Gasteiger partial charge on any atom is 0.130 e. The molecule has 1 aromatic carbocycles. The van der Waals surface area contributed by atoms with Crippen LogP contribution >= 0.6 is 0 Å². The Morgan fingerprint density at radius 3 is 3.12 bits per heavy atom. The molecule has 0 spiro atoms. The fraction of sp³-hybridized carbons (Fsp3) is 0.333. The van der Waals surface area contributed by atoms with Crippen LogP contribution in [-0.4, -0.2) is 29.7 Å². The van der Waals surface area contributed by atoms with Crippen LogP contribution in [0.5, 0.6) is 5.75 Å². The van der Waals surface area contributed by atoms with Crippen LogP contribution in [0.1, 0.15) is 6.92 Å². The van der Waals surface area contributed by atoms with Crippen LogP contribution in [-0.2, 0) is 0 Å². The van der Waals surface area contributed by atoms with Gasteiger partial charge >= 0.3 is 0 Å².